The zero-order chi connectivity index (χ0) is 7.62. The van der Waals surface area contributed by atoms with E-state index in [0.717, 1.165) is 19.3 Å². The Morgan fingerprint density at radius 2 is 1.50 bits per heavy atom. The summed E-state index contributed by atoms with van der Waals surface area (Å²) in [5.74, 6) is 0. The van der Waals surface area contributed by atoms with Crippen LogP contribution in [0, 0.1) is 10.8 Å². The van der Waals surface area contributed by atoms with Gasteiger partial charge < -0.3 is 5.11 Å². The van der Waals surface area contributed by atoms with Gasteiger partial charge >= 0.3 is 0 Å². The van der Waals surface area contributed by atoms with Crippen LogP contribution in [0.25, 0.3) is 0 Å². The van der Waals surface area contributed by atoms with E-state index in [4.69, 9.17) is 0 Å². The van der Waals surface area contributed by atoms with E-state index in [1.54, 1.807) is 0 Å². The predicted octanol–water partition coefficient (Wildman–Crippen LogP) is 1.95. The molecule has 0 spiro atoms. The molecule has 2 bridgehead atoms. The largest absolute Gasteiger partial charge is 0.390 e. The predicted molar refractivity (Wildman–Crippen MR) is 40.7 cm³/mol. The van der Waals surface area contributed by atoms with Crippen molar-refractivity contribution in [1.29, 1.82) is 0 Å². The summed E-state index contributed by atoms with van der Waals surface area (Å²) in [6.07, 6.45) is 3.18. The minimum Gasteiger partial charge on any atom is -0.390 e. The van der Waals surface area contributed by atoms with Gasteiger partial charge in [0.05, 0.1) is 5.60 Å². The van der Waals surface area contributed by atoms with Crippen LogP contribution < -0.4 is 0 Å². The Morgan fingerprint density at radius 1 is 1.10 bits per heavy atom. The second-order valence-electron chi connectivity index (χ2n) is 5.29. The molecule has 10 heavy (non-hydrogen) atoms. The lowest BCUT2D eigenvalue weighted by Gasteiger charge is -2.73. The Balaban J connectivity index is 2.11. The molecule has 58 valence electrons. The van der Waals surface area contributed by atoms with Crippen LogP contribution in [0.5, 0.6) is 0 Å². The highest BCUT2D eigenvalue weighted by Gasteiger charge is 2.71. The molecule has 0 aliphatic heterocycles. The lowest BCUT2D eigenvalue weighted by atomic mass is 9.34. The first kappa shape index (κ1) is 6.66. The van der Waals surface area contributed by atoms with E-state index in [0.29, 0.717) is 10.8 Å². The van der Waals surface area contributed by atoms with Crippen molar-refractivity contribution in [3.63, 3.8) is 0 Å². The van der Waals surface area contributed by atoms with Crippen molar-refractivity contribution in [3.05, 3.63) is 0 Å². The molecule has 0 unspecified atom stereocenters. The van der Waals surface area contributed by atoms with Gasteiger partial charge in [-0.05, 0) is 30.1 Å². The van der Waals surface area contributed by atoms with E-state index in [1.807, 2.05) is 0 Å². The van der Waals surface area contributed by atoms with E-state index in [2.05, 4.69) is 20.8 Å². The summed E-state index contributed by atoms with van der Waals surface area (Å²) in [6.45, 7) is 6.85. The molecule has 3 aliphatic carbocycles. The van der Waals surface area contributed by atoms with Crippen molar-refractivity contribution in [2.24, 2.45) is 10.8 Å². The molecule has 3 aliphatic rings. The summed E-state index contributed by atoms with van der Waals surface area (Å²) < 4.78 is 0. The Labute approximate surface area is 62.4 Å². The van der Waals surface area contributed by atoms with Crippen LogP contribution in [0.1, 0.15) is 40.0 Å². The molecular weight excluding hydrogens is 124 g/mol. The standard InChI is InChI=1S/C9H16O/c1-7(2,3)8-4-9(10,5-8)6-8/h10H,4-6H2,1-3H3. The maximum absolute atomic E-state index is 9.51. The first-order valence-corrected chi connectivity index (χ1v) is 4.09. The summed E-state index contributed by atoms with van der Waals surface area (Å²) in [7, 11) is 0. The summed E-state index contributed by atoms with van der Waals surface area (Å²) in [5, 5.41) is 9.51. The molecule has 0 heterocycles. The third-order valence-electron chi connectivity index (χ3n) is 3.59. The van der Waals surface area contributed by atoms with Gasteiger partial charge in [-0.3, -0.25) is 0 Å². The molecule has 0 radical (unpaired) electrons. The number of rotatable bonds is 0. The molecule has 3 saturated carbocycles. The van der Waals surface area contributed by atoms with Crippen molar-refractivity contribution in [2.45, 2.75) is 45.6 Å². The second-order valence-corrected chi connectivity index (χ2v) is 5.29. The number of aliphatic hydroxyl groups is 1. The first-order chi connectivity index (χ1) is 4.37. The van der Waals surface area contributed by atoms with Crippen LogP contribution in [0.4, 0.5) is 0 Å². The van der Waals surface area contributed by atoms with Crippen LogP contribution in [-0.4, -0.2) is 10.7 Å². The van der Waals surface area contributed by atoms with Gasteiger partial charge in [-0.2, -0.15) is 0 Å². The SMILES string of the molecule is CC(C)(C)C12CC(O)(C1)C2. The van der Waals surface area contributed by atoms with Crippen molar-refractivity contribution < 1.29 is 5.11 Å². The second kappa shape index (κ2) is 1.29. The average molecular weight is 140 g/mol. The molecule has 0 aromatic carbocycles. The van der Waals surface area contributed by atoms with E-state index < -0.39 is 0 Å². The van der Waals surface area contributed by atoms with Crippen LogP contribution in [0.3, 0.4) is 0 Å². The Kier molecular flexibility index (Phi) is 0.860. The Bertz CT molecular complexity index is 156. The van der Waals surface area contributed by atoms with Crippen molar-refractivity contribution in [3.8, 4) is 0 Å². The highest BCUT2D eigenvalue weighted by Crippen LogP contribution is 2.73. The van der Waals surface area contributed by atoms with Crippen LogP contribution in [0.2, 0.25) is 0 Å². The fourth-order valence-electron chi connectivity index (χ4n) is 2.53. The average Bonchev–Trinajstić information content (AvgIpc) is 1.51. The van der Waals surface area contributed by atoms with Gasteiger partial charge in [0.15, 0.2) is 0 Å². The van der Waals surface area contributed by atoms with Gasteiger partial charge in [-0.25, -0.2) is 0 Å². The molecule has 1 N–H and O–H groups in total. The zero-order valence-corrected chi connectivity index (χ0v) is 7.07. The van der Waals surface area contributed by atoms with E-state index in [9.17, 15) is 5.11 Å². The third kappa shape index (κ3) is 0.531. The first-order valence-electron chi connectivity index (χ1n) is 4.09. The molecule has 3 rings (SSSR count). The summed E-state index contributed by atoms with van der Waals surface area (Å²) >= 11 is 0. The normalized spacial score (nSPS) is 51.6. The lowest BCUT2D eigenvalue weighted by Crippen LogP contribution is -2.71. The molecule has 0 aromatic heterocycles. The van der Waals surface area contributed by atoms with E-state index in [1.165, 1.54) is 0 Å². The highest BCUT2D eigenvalue weighted by atomic mass is 16.3. The minimum absolute atomic E-state index is 0.215. The van der Waals surface area contributed by atoms with E-state index >= 15 is 0 Å². The topological polar surface area (TPSA) is 20.2 Å². The molecule has 1 nitrogen and oxygen atoms in total. The molecule has 1 heteroatoms. The van der Waals surface area contributed by atoms with Gasteiger partial charge in [0.1, 0.15) is 0 Å². The van der Waals surface area contributed by atoms with Crippen LogP contribution in [-0.2, 0) is 0 Å². The number of hydrogen-bond donors (Lipinski definition) is 1. The summed E-state index contributed by atoms with van der Waals surface area (Å²) in [6, 6.07) is 0. The maximum Gasteiger partial charge on any atom is 0.0664 e. The fraction of sp³-hybridized carbons (Fsp3) is 1.00. The highest BCUT2D eigenvalue weighted by molar-refractivity contribution is 5.22. The summed E-state index contributed by atoms with van der Waals surface area (Å²) in [5.41, 5.74) is 0.715. The molecule has 0 aromatic rings. The van der Waals surface area contributed by atoms with Crippen LogP contribution >= 0.6 is 0 Å². The Hall–Kier alpha value is -0.0400. The van der Waals surface area contributed by atoms with Crippen molar-refractivity contribution >= 4 is 0 Å². The third-order valence-corrected chi connectivity index (χ3v) is 3.59. The van der Waals surface area contributed by atoms with Gasteiger partial charge in [0.2, 0.25) is 0 Å². The Morgan fingerprint density at radius 3 is 1.60 bits per heavy atom. The van der Waals surface area contributed by atoms with Gasteiger partial charge in [-0.1, -0.05) is 20.8 Å². The minimum atomic E-state index is -0.215. The van der Waals surface area contributed by atoms with Crippen molar-refractivity contribution in [1.82, 2.24) is 0 Å². The van der Waals surface area contributed by atoms with E-state index in [-0.39, 0.29) is 5.60 Å². The quantitative estimate of drug-likeness (QED) is 0.545. The smallest absolute Gasteiger partial charge is 0.0664 e. The fourth-order valence-corrected chi connectivity index (χ4v) is 2.53. The van der Waals surface area contributed by atoms with Crippen molar-refractivity contribution in [2.75, 3.05) is 0 Å². The maximum atomic E-state index is 9.51. The van der Waals surface area contributed by atoms with Gasteiger partial charge in [0, 0.05) is 0 Å². The zero-order valence-electron chi connectivity index (χ0n) is 7.07. The molecule has 3 fully saturated rings. The lowest BCUT2D eigenvalue weighted by molar-refractivity contribution is -0.300. The molecule has 0 atom stereocenters. The molecule has 0 amide bonds. The van der Waals surface area contributed by atoms with Gasteiger partial charge in [0.25, 0.3) is 0 Å². The van der Waals surface area contributed by atoms with Crippen LogP contribution in [0.15, 0.2) is 0 Å². The van der Waals surface area contributed by atoms with Gasteiger partial charge in [-0.15, -0.1) is 0 Å². The summed E-state index contributed by atoms with van der Waals surface area (Å²) in [4.78, 5) is 0. The molecular formula is C9H16O. The monoisotopic (exact) mass is 140 g/mol. The molecule has 0 saturated heterocycles. The number of hydrogen-bond acceptors (Lipinski definition) is 1.